The third kappa shape index (κ3) is 2.71. The smallest absolute Gasteiger partial charge is 0.130 e. The van der Waals surface area contributed by atoms with E-state index in [4.69, 9.17) is 16.3 Å². The summed E-state index contributed by atoms with van der Waals surface area (Å²) in [5.41, 5.74) is 1.10. The summed E-state index contributed by atoms with van der Waals surface area (Å²) in [5.74, 6) is 0. The Morgan fingerprint density at radius 3 is 2.44 bits per heavy atom. The van der Waals surface area contributed by atoms with Crippen LogP contribution in [0.1, 0.15) is 37.9 Å². The van der Waals surface area contributed by atoms with Crippen molar-refractivity contribution in [2.45, 2.75) is 57.8 Å². The van der Waals surface area contributed by atoms with Gasteiger partial charge in [0.15, 0.2) is 0 Å². The van der Waals surface area contributed by atoms with Crippen LogP contribution in [0.25, 0.3) is 0 Å². The summed E-state index contributed by atoms with van der Waals surface area (Å²) in [6.45, 7) is 5.92. The Morgan fingerprint density at radius 1 is 1.44 bits per heavy atom. The summed E-state index contributed by atoms with van der Waals surface area (Å²) in [6, 6.07) is 0. The van der Waals surface area contributed by atoms with Gasteiger partial charge in [-0.15, -0.1) is 0 Å². The van der Waals surface area contributed by atoms with Gasteiger partial charge in [-0.1, -0.05) is 11.6 Å². The molecule has 102 valence electrons. The monoisotopic (exact) mass is 272 g/mol. The second-order valence-electron chi connectivity index (χ2n) is 5.55. The minimum atomic E-state index is -0.742. The molecule has 2 rings (SSSR count). The number of aryl methyl sites for hydroxylation is 2. The predicted molar refractivity (Wildman–Crippen MR) is 70.9 cm³/mol. The van der Waals surface area contributed by atoms with Crippen molar-refractivity contribution in [3.8, 4) is 0 Å². The van der Waals surface area contributed by atoms with Gasteiger partial charge in [0.2, 0.25) is 0 Å². The molecule has 0 spiro atoms. The Kier molecular flexibility index (Phi) is 3.72. The van der Waals surface area contributed by atoms with E-state index in [9.17, 15) is 5.11 Å². The maximum atomic E-state index is 10.7. The summed E-state index contributed by atoms with van der Waals surface area (Å²) in [4.78, 5) is 0. The first-order valence-corrected chi connectivity index (χ1v) is 6.74. The fourth-order valence-corrected chi connectivity index (χ4v) is 3.24. The van der Waals surface area contributed by atoms with Crippen molar-refractivity contribution in [2.24, 2.45) is 7.05 Å². The SMILES string of the molecule is Cc1nn(C)c(Cl)c1CC1(O)CC(C)OC(C)C1. The van der Waals surface area contributed by atoms with Crippen molar-refractivity contribution in [1.82, 2.24) is 9.78 Å². The zero-order chi connectivity index (χ0) is 13.5. The van der Waals surface area contributed by atoms with E-state index in [-0.39, 0.29) is 12.2 Å². The maximum absolute atomic E-state index is 10.7. The van der Waals surface area contributed by atoms with Crippen LogP contribution in [0.5, 0.6) is 0 Å². The molecule has 1 aromatic rings. The van der Waals surface area contributed by atoms with Gasteiger partial charge in [-0.05, 0) is 20.8 Å². The Bertz CT molecular complexity index is 434. The van der Waals surface area contributed by atoms with Gasteiger partial charge in [-0.25, -0.2) is 0 Å². The standard InChI is InChI=1S/C13H21ClN2O2/c1-8-5-13(17,6-9(2)18-8)7-11-10(3)15-16(4)12(11)14/h8-9,17H,5-7H2,1-4H3. The summed E-state index contributed by atoms with van der Waals surface area (Å²) >= 11 is 6.23. The maximum Gasteiger partial charge on any atom is 0.130 e. The highest BCUT2D eigenvalue weighted by Gasteiger charge is 2.38. The molecule has 0 amide bonds. The van der Waals surface area contributed by atoms with E-state index in [0.717, 1.165) is 11.3 Å². The topological polar surface area (TPSA) is 47.3 Å². The third-order valence-corrected chi connectivity index (χ3v) is 4.05. The number of rotatable bonds is 2. The lowest BCUT2D eigenvalue weighted by atomic mass is 9.83. The minimum Gasteiger partial charge on any atom is -0.389 e. The number of hydrogen-bond donors (Lipinski definition) is 1. The molecule has 0 radical (unpaired) electrons. The second kappa shape index (κ2) is 4.83. The molecule has 4 nitrogen and oxygen atoms in total. The van der Waals surface area contributed by atoms with Crippen LogP contribution in [0.2, 0.25) is 5.15 Å². The van der Waals surface area contributed by atoms with Crippen LogP contribution in [0.3, 0.4) is 0 Å². The van der Waals surface area contributed by atoms with Crippen molar-refractivity contribution >= 4 is 11.6 Å². The first kappa shape index (κ1) is 13.8. The van der Waals surface area contributed by atoms with Crippen molar-refractivity contribution in [3.05, 3.63) is 16.4 Å². The molecule has 0 bridgehead atoms. The molecule has 1 aromatic heterocycles. The molecule has 0 aromatic carbocycles. The van der Waals surface area contributed by atoms with E-state index in [1.54, 1.807) is 4.68 Å². The van der Waals surface area contributed by atoms with E-state index < -0.39 is 5.60 Å². The molecule has 1 aliphatic heterocycles. The summed E-state index contributed by atoms with van der Waals surface area (Å²) < 4.78 is 7.33. The van der Waals surface area contributed by atoms with Gasteiger partial charge < -0.3 is 9.84 Å². The lowest BCUT2D eigenvalue weighted by Crippen LogP contribution is -2.45. The molecular weight excluding hydrogens is 252 g/mol. The van der Waals surface area contributed by atoms with Crippen molar-refractivity contribution in [1.29, 1.82) is 0 Å². The van der Waals surface area contributed by atoms with Crippen molar-refractivity contribution < 1.29 is 9.84 Å². The molecule has 1 fully saturated rings. The van der Waals surface area contributed by atoms with E-state index in [2.05, 4.69) is 5.10 Å². The highest BCUT2D eigenvalue weighted by Crippen LogP contribution is 2.34. The molecule has 2 unspecified atom stereocenters. The molecule has 1 aliphatic rings. The molecular formula is C13H21ClN2O2. The molecule has 2 heterocycles. The Labute approximate surface area is 113 Å². The number of aromatic nitrogens is 2. The Balaban J connectivity index is 2.21. The normalized spacial score (nSPS) is 32.8. The molecule has 2 atom stereocenters. The van der Waals surface area contributed by atoms with Crippen LogP contribution >= 0.6 is 11.6 Å². The van der Waals surface area contributed by atoms with Gasteiger partial charge in [0.05, 0.1) is 23.5 Å². The van der Waals surface area contributed by atoms with E-state index in [1.807, 2.05) is 27.8 Å². The number of ether oxygens (including phenoxy) is 1. The van der Waals surface area contributed by atoms with Gasteiger partial charge in [-0.2, -0.15) is 5.10 Å². The summed E-state index contributed by atoms with van der Waals surface area (Å²) in [5, 5.41) is 15.7. The zero-order valence-corrected chi connectivity index (χ0v) is 12.2. The summed E-state index contributed by atoms with van der Waals surface area (Å²) in [6.07, 6.45) is 1.98. The highest BCUT2D eigenvalue weighted by atomic mass is 35.5. The number of aliphatic hydroxyl groups is 1. The van der Waals surface area contributed by atoms with E-state index in [1.165, 1.54) is 0 Å². The Morgan fingerprint density at radius 2 is 2.00 bits per heavy atom. The Hall–Kier alpha value is -0.580. The quantitative estimate of drug-likeness (QED) is 0.898. The fraction of sp³-hybridized carbons (Fsp3) is 0.769. The molecule has 0 saturated carbocycles. The summed E-state index contributed by atoms with van der Waals surface area (Å²) in [7, 11) is 1.82. The number of nitrogens with zero attached hydrogens (tertiary/aromatic N) is 2. The van der Waals surface area contributed by atoms with Crippen LogP contribution in [0.15, 0.2) is 0 Å². The van der Waals surface area contributed by atoms with Gasteiger partial charge >= 0.3 is 0 Å². The van der Waals surface area contributed by atoms with Gasteiger partial charge in [-0.3, -0.25) is 4.68 Å². The second-order valence-corrected chi connectivity index (χ2v) is 5.90. The third-order valence-electron chi connectivity index (χ3n) is 3.58. The van der Waals surface area contributed by atoms with Crippen LogP contribution in [-0.2, 0) is 18.2 Å². The van der Waals surface area contributed by atoms with Crippen molar-refractivity contribution in [3.63, 3.8) is 0 Å². The molecule has 5 heteroatoms. The lowest BCUT2D eigenvalue weighted by Gasteiger charge is -2.39. The first-order valence-electron chi connectivity index (χ1n) is 6.36. The van der Waals surface area contributed by atoms with Gasteiger partial charge in [0.25, 0.3) is 0 Å². The zero-order valence-electron chi connectivity index (χ0n) is 11.4. The van der Waals surface area contributed by atoms with Crippen LogP contribution in [0, 0.1) is 6.92 Å². The average molecular weight is 273 g/mol. The van der Waals surface area contributed by atoms with Crippen LogP contribution in [0.4, 0.5) is 0 Å². The van der Waals surface area contributed by atoms with Gasteiger partial charge in [0.1, 0.15) is 5.15 Å². The van der Waals surface area contributed by atoms with Gasteiger partial charge in [0, 0.05) is 31.9 Å². The van der Waals surface area contributed by atoms with Crippen molar-refractivity contribution in [2.75, 3.05) is 0 Å². The van der Waals surface area contributed by atoms with E-state index >= 15 is 0 Å². The average Bonchev–Trinajstić information content (AvgIpc) is 2.42. The minimum absolute atomic E-state index is 0.0782. The number of halogens is 1. The fourth-order valence-electron chi connectivity index (χ4n) is 2.99. The largest absolute Gasteiger partial charge is 0.389 e. The lowest BCUT2D eigenvalue weighted by molar-refractivity contribution is -0.130. The number of hydrogen-bond acceptors (Lipinski definition) is 3. The van der Waals surface area contributed by atoms with Crippen LogP contribution in [-0.4, -0.2) is 32.7 Å². The molecule has 1 N–H and O–H groups in total. The molecule has 1 saturated heterocycles. The van der Waals surface area contributed by atoms with E-state index in [0.29, 0.717) is 24.4 Å². The molecule has 18 heavy (non-hydrogen) atoms. The first-order chi connectivity index (χ1) is 8.31. The predicted octanol–water partition coefficient (Wildman–Crippen LogP) is 2.24. The molecule has 0 aliphatic carbocycles. The van der Waals surface area contributed by atoms with Crippen LogP contribution < -0.4 is 0 Å². The highest BCUT2D eigenvalue weighted by molar-refractivity contribution is 6.30.